The van der Waals surface area contributed by atoms with Gasteiger partial charge in [0.05, 0.1) is 0 Å². The number of aliphatic carboxylic acids is 1. The van der Waals surface area contributed by atoms with Gasteiger partial charge in [-0.1, -0.05) is 13.0 Å². The molecule has 0 saturated heterocycles. The van der Waals surface area contributed by atoms with Crippen LogP contribution in [0.5, 0.6) is 0 Å². The van der Waals surface area contributed by atoms with Gasteiger partial charge in [-0.3, -0.25) is 14.4 Å². The number of benzene rings is 1. The molecular weight excluding hydrogens is 272 g/mol. The summed E-state index contributed by atoms with van der Waals surface area (Å²) in [5.74, 6) is -1.47. The quantitative estimate of drug-likeness (QED) is 0.835. The van der Waals surface area contributed by atoms with Crippen molar-refractivity contribution in [3.8, 4) is 0 Å². The number of hydrogen-bond acceptors (Lipinski definition) is 3. The van der Waals surface area contributed by atoms with Crippen LogP contribution in [0.25, 0.3) is 0 Å². The molecule has 21 heavy (non-hydrogen) atoms. The van der Waals surface area contributed by atoms with Crippen LogP contribution >= 0.6 is 0 Å². The molecule has 0 spiro atoms. The predicted octanol–water partition coefficient (Wildman–Crippen LogP) is 1.72. The normalized spacial score (nSPS) is 13.6. The van der Waals surface area contributed by atoms with Gasteiger partial charge in [-0.2, -0.15) is 0 Å². The molecule has 0 radical (unpaired) electrons. The van der Waals surface area contributed by atoms with Crippen molar-refractivity contribution in [2.75, 3.05) is 11.9 Å². The number of rotatable bonds is 6. The average molecular weight is 290 g/mol. The molecule has 0 aliphatic heterocycles. The third-order valence-electron chi connectivity index (χ3n) is 3.27. The highest BCUT2D eigenvalue weighted by atomic mass is 16.4. The molecule has 1 aliphatic carbocycles. The van der Waals surface area contributed by atoms with E-state index < -0.39 is 5.97 Å². The van der Waals surface area contributed by atoms with Crippen LogP contribution in [0.4, 0.5) is 5.69 Å². The van der Waals surface area contributed by atoms with Crippen molar-refractivity contribution in [2.24, 2.45) is 0 Å². The molecule has 1 aliphatic rings. The van der Waals surface area contributed by atoms with Gasteiger partial charge < -0.3 is 15.3 Å². The lowest BCUT2D eigenvalue weighted by molar-refractivity contribution is -0.137. The van der Waals surface area contributed by atoms with Gasteiger partial charge in [-0.15, -0.1) is 0 Å². The predicted molar refractivity (Wildman–Crippen MR) is 77.1 cm³/mol. The largest absolute Gasteiger partial charge is 0.480 e. The van der Waals surface area contributed by atoms with Crippen LogP contribution in [-0.2, 0) is 9.59 Å². The molecule has 2 N–H and O–H groups in total. The number of carbonyl (C=O) groups is 3. The van der Waals surface area contributed by atoms with Crippen molar-refractivity contribution in [3.05, 3.63) is 29.8 Å². The maximum Gasteiger partial charge on any atom is 0.323 e. The van der Waals surface area contributed by atoms with Crippen molar-refractivity contribution in [2.45, 2.75) is 32.2 Å². The van der Waals surface area contributed by atoms with E-state index in [9.17, 15) is 14.4 Å². The Hall–Kier alpha value is -2.37. The molecule has 0 atom stereocenters. The number of carbonyl (C=O) groups excluding carboxylic acids is 2. The Kier molecular flexibility index (Phi) is 4.57. The first-order chi connectivity index (χ1) is 10.0. The summed E-state index contributed by atoms with van der Waals surface area (Å²) in [5, 5.41) is 11.6. The van der Waals surface area contributed by atoms with E-state index in [1.54, 1.807) is 31.2 Å². The van der Waals surface area contributed by atoms with E-state index in [1.165, 1.54) is 4.90 Å². The molecular formula is C15H18N2O4. The van der Waals surface area contributed by atoms with Gasteiger partial charge in [0.15, 0.2) is 0 Å². The molecule has 112 valence electrons. The first-order valence-corrected chi connectivity index (χ1v) is 6.94. The fourth-order valence-corrected chi connectivity index (χ4v) is 2.04. The second kappa shape index (κ2) is 6.39. The molecule has 1 fully saturated rings. The monoisotopic (exact) mass is 290 g/mol. The fourth-order valence-electron chi connectivity index (χ4n) is 2.04. The molecule has 0 aromatic heterocycles. The topological polar surface area (TPSA) is 86.7 Å². The van der Waals surface area contributed by atoms with Crippen molar-refractivity contribution in [1.82, 2.24) is 4.90 Å². The number of nitrogens with zero attached hydrogens (tertiary/aromatic N) is 1. The summed E-state index contributed by atoms with van der Waals surface area (Å²) < 4.78 is 0. The van der Waals surface area contributed by atoms with Crippen molar-refractivity contribution in [3.63, 3.8) is 0 Å². The van der Waals surface area contributed by atoms with E-state index in [2.05, 4.69) is 5.32 Å². The Labute approximate surface area is 122 Å². The van der Waals surface area contributed by atoms with Crippen LogP contribution in [0.15, 0.2) is 24.3 Å². The van der Waals surface area contributed by atoms with Crippen LogP contribution in [-0.4, -0.2) is 40.4 Å². The summed E-state index contributed by atoms with van der Waals surface area (Å²) in [5.41, 5.74) is 0.927. The number of carboxylic acids is 1. The van der Waals surface area contributed by atoms with Crippen molar-refractivity contribution >= 4 is 23.5 Å². The molecule has 0 heterocycles. The lowest BCUT2D eigenvalue weighted by Gasteiger charge is -2.20. The highest BCUT2D eigenvalue weighted by molar-refractivity contribution is 5.98. The smallest absolute Gasteiger partial charge is 0.323 e. The van der Waals surface area contributed by atoms with E-state index in [-0.39, 0.29) is 24.4 Å². The minimum Gasteiger partial charge on any atom is -0.480 e. The Morgan fingerprint density at radius 2 is 2.05 bits per heavy atom. The summed E-state index contributed by atoms with van der Waals surface area (Å²) in [6.07, 6.45) is 2.03. The number of nitrogens with one attached hydrogen (secondary N) is 1. The third-order valence-corrected chi connectivity index (χ3v) is 3.27. The minimum absolute atomic E-state index is 0.0162. The van der Waals surface area contributed by atoms with Gasteiger partial charge in [0, 0.05) is 23.7 Å². The Bertz CT molecular complexity index is 567. The van der Waals surface area contributed by atoms with E-state index in [0.717, 1.165) is 12.8 Å². The van der Waals surface area contributed by atoms with E-state index in [0.29, 0.717) is 17.7 Å². The van der Waals surface area contributed by atoms with E-state index in [1.807, 2.05) is 0 Å². The Morgan fingerprint density at radius 1 is 1.33 bits per heavy atom. The third kappa shape index (κ3) is 4.05. The molecule has 0 bridgehead atoms. The lowest BCUT2D eigenvalue weighted by Crippen LogP contribution is -2.37. The first kappa shape index (κ1) is 15.0. The summed E-state index contributed by atoms with van der Waals surface area (Å²) in [7, 11) is 0. The number of anilines is 1. The summed E-state index contributed by atoms with van der Waals surface area (Å²) in [6.45, 7) is 1.45. The van der Waals surface area contributed by atoms with Crippen LogP contribution in [0, 0.1) is 0 Å². The standard InChI is InChI=1S/C15H18N2O4/c1-2-13(18)16-11-5-3-4-10(8-11)15(21)17(9-14(19)20)12-6-7-12/h3-5,8,12H,2,6-7,9H2,1H3,(H,16,18)(H,19,20). The van der Waals surface area contributed by atoms with Crippen LogP contribution in [0.3, 0.4) is 0 Å². The van der Waals surface area contributed by atoms with Gasteiger partial charge in [-0.25, -0.2) is 0 Å². The SMILES string of the molecule is CCC(=O)Nc1cccc(C(=O)N(CC(=O)O)C2CC2)c1. The van der Waals surface area contributed by atoms with Gasteiger partial charge in [0.2, 0.25) is 5.91 Å². The molecule has 0 unspecified atom stereocenters. The zero-order valence-corrected chi connectivity index (χ0v) is 11.8. The van der Waals surface area contributed by atoms with Gasteiger partial charge in [0.25, 0.3) is 5.91 Å². The molecule has 1 aromatic rings. The maximum atomic E-state index is 12.4. The van der Waals surface area contributed by atoms with Crippen molar-refractivity contribution in [1.29, 1.82) is 0 Å². The van der Waals surface area contributed by atoms with Gasteiger partial charge in [-0.05, 0) is 31.0 Å². The average Bonchev–Trinajstić information content (AvgIpc) is 3.28. The van der Waals surface area contributed by atoms with Crippen LogP contribution in [0.2, 0.25) is 0 Å². The molecule has 2 amide bonds. The first-order valence-electron chi connectivity index (χ1n) is 6.94. The fraction of sp³-hybridized carbons (Fsp3) is 0.400. The number of amides is 2. The Morgan fingerprint density at radius 3 is 2.62 bits per heavy atom. The summed E-state index contributed by atoms with van der Waals surface area (Å²) >= 11 is 0. The summed E-state index contributed by atoms with van der Waals surface area (Å²) in [6, 6.07) is 6.59. The summed E-state index contributed by atoms with van der Waals surface area (Å²) in [4.78, 5) is 36.1. The second-order valence-corrected chi connectivity index (χ2v) is 5.04. The molecule has 6 nitrogen and oxygen atoms in total. The van der Waals surface area contributed by atoms with Gasteiger partial charge in [0.1, 0.15) is 6.54 Å². The van der Waals surface area contributed by atoms with Crippen molar-refractivity contribution < 1.29 is 19.5 Å². The highest BCUT2D eigenvalue weighted by Gasteiger charge is 2.34. The van der Waals surface area contributed by atoms with E-state index >= 15 is 0 Å². The molecule has 1 saturated carbocycles. The number of hydrogen-bond donors (Lipinski definition) is 2. The Balaban J connectivity index is 2.15. The number of carboxylic acid groups (broad SMARTS) is 1. The maximum absolute atomic E-state index is 12.4. The van der Waals surface area contributed by atoms with Gasteiger partial charge >= 0.3 is 5.97 Å². The minimum atomic E-state index is -1.02. The second-order valence-electron chi connectivity index (χ2n) is 5.04. The molecule has 1 aromatic carbocycles. The van der Waals surface area contributed by atoms with E-state index in [4.69, 9.17) is 5.11 Å². The zero-order valence-electron chi connectivity index (χ0n) is 11.8. The molecule has 6 heteroatoms. The lowest BCUT2D eigenvalue weighted by atomic mass is 10.1. The van der Waals surface area contributed by atoms with Crippen LogP contribution < -0.4 is 5.32 Å². The molecule has 2 rings (SSSR count). The zero-order chi connectivity index (χ0) is 15.4. The highest BCUT2D eigenvalue weighted by Crippen LogP contribution is 2.28. The van der Waals surface area contributed by atoms with Crippen LogP contribution in [0.1, 0.15) is 36.5 Å².